The normalized spacial score (nSPS) is 19.3. The van der Waals surface area contributed by atoms with Crippen LogP contribution in [0, 0.1) is 13.8 Å². The summed E-state index contributed by atoms with van der Waals surface area (Å²) in [6.45, 7) is 5.32. The van der Waals surface area contributed by atoms with Crippen molar-refractivity contribution in [3.8, 4) is 0 Å². The number of ketones is 1. The third-order valence-electron chi connectivity index (χ3n) is 5.62. The van der Waals surface area contributed by atoms with Gasteiger partial charge < -0.3 is 20.0 Å². The summed E-state index contributed by atoms with van der Waals surface area (Å²) in [5.74, 6) is -0.304. The van der Waals surface area contributed by atoms with E-state index in [4.69, 9.17) is 21.5 Å². The van der Waals surface area contributed by atoms with Crippen LogP contribution in [0.15, 0.2) is 17.7 Å². The molecule has 1 aromatic rings. The molecule has 2 aliphatic heterocycles. The van der Waals surface area contributed by atoms with Gasteiger partial charge in [0.25, 0.3) is 0 Å². The molecule has 152 valence electrons. The van der Waals surface area contributed by atoms with Gasteiger partial charge in [-0.15, -0.1) is 0 Å². The third-order valence-corrected chi connectivity index (χ3v) is 5.84. The summed E-state index contributed by atoms with van der Waals surface area (Å²) < 4.78 is 4.61. The van der Waals surface area contributed by atoms with E-state index in [1.807, 2.05) is 31.0 Å². The van der Waals surface area contributed by atoms with Gasteiger partial charge in [0, 0.05) is 30.2 Å². The Kier molecular flexibility index (Phi) is 6.09. The van der Waals surface area contributed by atoms with Crippen LogP contribution >= 0.6 is 11.6 Å². The fourth-order valence-electron chi connectivity index (χ4n) is 4.44. The molecule has 8 heteroatoms. The number of benzene rings is 1. The van der Waals surface area contributed by atoms with Gasteiger partial charge in [-0.05, 0) is 61.1 Å². The Bertz CT molecular complexity index is 805. The molecule has 0 atom stereocenters. The second kappa shape index (κ2) is 8.21. The number of Topliss-reactive ketones (excluding diaryl/α,β-unsaturated/α-hetero) is 1. The van der Waals surface area contributed by atoms with Crippen LogP contribution in [0.5, 0.6) is 0 Å². The van der Waals surface area contributed by atoms with Crippen LogP contribution in [0.2, 0.25) is 5.02 Å². The number of carbonyl (C=O) groups excluding carboxylic acids is 1. The van der Waals surface area contributed by atoms with Crippen LogP contribution in [-0.4, -0.2) is 61.0 Å². The number of nitrogens with one attached hydrogen (secondary N) is 1. The number of aryl methyl sites for hydroxylation is 2. The lowest BCUT2D eigenvalue weighted by molar-refractivity contribution is -0.150. The highest BCUT2D eigenvalue weighted by molar-refractivity contribution is 6.30. The minimum absolute atomic E-state index is 0.304. The highest BCUT2D eigenvalue weighted by atomic mass is 35.5. The largest absolute Gasteiger partial charge is 0.506 e. The van der Waals surface area contributed by atoms with Crippen molar-refractivity contribution in [1.29, 1.82) is 0 Å². The van der Waals surface area contributed by atoms with Gasteiger partial charge in [-0.25, -0.2) is 4.79 Å². The van der Waals surface area contributed by atoms with Crippen molar-refractivity contribution in [1.82, 2.24) is 10.4 Å². The lowest BCUT2D eigenvalue weighted by Gasteiger charge is -2.40. The van der Waals surface area contributed by atoms with Crippen molar-refractivity contribution in [3.05, 3.63) is 39.4 Å². The van der Waals surface area contributed by atoms with Crippen LogP contribution in [0.1, 0.15) is 29.5 Å². The molecule has 2 N–H and O–H groups in total. The van der Waals surface area contributed by atoms with Crippen LogP contribution in [0.25, 0.3) is 5.57 Å². The van der Waals surface area contributed by atoms with Gasteiger partial charge in [0.2, 0.25) is 0 Å². The number of halogens is 1. The molecule has 1 aromatic carbocycles. The fourth-order valence-corrected chi connectivity index (χ4v) is 4.76. The monoisotopic (exact) mass is 408 g/mol. The standard InChI is InChI=1S/C20H25ClN2O5/c1-12-8-14(21)9-13(2)17(12)15-10-22-20(4-6-23(27-3)7-5-20)18(15)16(24)11-28-19(25)26/h8-9,22H,4-7,10-11H2,1-3H3,(H,25,26). The van der Waals surface area contributed by atoms with Gasteiger partial charge in [-0.3, -0.25) is 4.79 Å². The number of nitrogens with zero attached hydrogens (tertiary/aromatic N) is 1. The summed E-state index contributed by atoms with van der Waals surface area (Å²) in [5.41, 5.74) is 3.97. The molecule has 2 heterocycles. The van der Waals surface area contributed by atoms with Crippen molar-refractivity contribution in [2.45, 2.75) is 32.2 Å². The number of hydrogen-bond donors (Lipinski definition) is 2. The first-order valence-corrected chi connectivity index (χ1v) is 9.59. The summed E-state index contributed by atoms with van der Waals surface area (Å²) in [4.78, 5) is 29.2. The number of hydroxylamine groups is 2. The van der Waals surface area contributed by atoms with E-state index < -0.39 is 18.3 Å². The summed E-state index contributed by atoms with van der Waals surface area (Å²) in [5, 5.41) is 14.9. The molecule has 0 bridgehead atoms. The number of ether oxygens (including phenoxy) is 1. The molecular weight excluding hydrogens is 384 g/mol. The van der Waals surface area contributed by atoms with E-state index in [1.54, 1.807) is 7.11 Å². The van der Waals surface area contributed by atoms with Crippen molar-refractivity contribution in [3.63, 3.8) is 0 Å². The zero-order chi connectivity index (χ0) is 20.5. The molecule has 0 unspecified atom stereocenters. The second-order valence-corrected chi connectivity index (χ2v) is 7.73. The Morgan fingerprint density at radius 1 is 1.25 bits per heavy atom. The zero-order valence-electron chi connectivity index (χ0n) is 16.3. The van der Waals surface area contributed by atoms with Gasteiger partial charge in [0.1, 0.15) is 0 Å². The van der Waals surface area contributed by atoms with E-state index in [9.17, 15) is 9.59 Å². The van der Waals surface area contributed by atoms with E-state index in [2.05, 4.69) is 10.1 Å². The third kappa shape index (κ3) is 3.93. The molecule has 28 heavy (non-hydrogen) atoms. The van der Waals surface area contributed by atoms with Crippen LogP contribution < -0.4 is 5.32 Å². The van der Waals surface area contributed by atoms with E-state index in [0.717, 1.165) is 22.3 Å². The maximum atomic E-state index is 13.1. The Balaban J connectivity index is 2.07. The minimum Gasteiger partial charge on any atom is -0.450 e. The number of carbonyl (C=O) groups is 2. The summed E-state index contributed by atoms with van der Waals surface area (Å²) in [7, 11) is 1.63. The molecule has 3 rings (SSSR count). The molecule has 0 aromatic heterocycles. The Morgan fingerprint density at radius 2 is 1.86 bits per heavy atom. The van der Waals surface area contributed by atoms with E-state index >= 15 is 0 Å². The molecule has 0 radical (unpaired) electrons. The predicted octanol–water partition coefficient (Wildman–Crippen LogP) is 2.97. The Labute approximate surface area is 169 Å². The van der Waals surface area contributed by atoms with Crippen molar-refractivity contribution >= 4 is 29.1 Å². The average Bonchev–Trinajstić information content (AvgIpc) is 2.98. The summed E-state index contributed by atoms with van der Waals surface area (Å²) in [6, 6.07) is 3.76. The molecule has 1 spiro atoms. The first-order chi connectivity index (χ1) is 13.3. The SMILES string of the molecule is CON1CCC2(CC1)NCC(c1c(C)cc(Cl)cc1C)=C2C(=O)COC(=O)O. The molecular formula is C20H25ClN2O5. The first kappa shape index (κ1) is 20.8. The molecule has 0 aliphatic carbocycles. The van der Waals surface area contributed by atoms with Gasteiger partial charge in [0.05, 0.1) is 12.6 Å². The van der Waals surface area contributed by atoms with E-state index in [0.29, 0.717) is 43.1 Å². The predicted molar refractivity (Wildman–Crippen MR) is 105 cm³/mol. The smallest absolute Gasteiger partial charge is 0.450 e. The van der Waals surface area contributed by atoms with Gasteiger partial charge in [-0.2, -0.15) is 5.06 Å². The van der Waals surface area contributed by atoms with Crippen LogP contribution in [0.4, 0.5) is 4.79 Å². The molecule has 2 aliphatic rings. The maximum Gasteiger partial charge on any atom is 0.506 e. The molecule has 1 saturated heterocycles. The summed E-state index contributed by atoms with van der Waals surface area (Å²) in [6.07, 6.45) is -0.0857. The Hall–Kier alpha value is -1.93. The lowest BCUT2D eigenvalue weighted by Crippen LogP contribution is -2.53. The molecule has 1 fully saturated rings. The van der Waals surface area contributed by atoms with Crippen molar-refractivity contribution < 1.29 is 24.3 Å². The number of carboxylic acid groups (broad SMARTS) is 1. The van der Waals surface area contributed by atoms with Gasteiger partial charge in [-0.1, -0.05) is 11.6 Å². The maximum absolute atomic E-state index is 13.1. The number of hydrogen-bond acceptors (Lipinski definition) is 6. The van der Waals surface area contributed by atoms with Gasteiger partial charge >= 0.3 is 6.16 Å². The molecule has 0 amide bonds. The second-order valence-electron chi connectivity index (χ2n) is 7.29. The lowest BCUT2D eigenvalue weighted by atomic mass is 9.78. The quantitative estimate of drug-likeness (QED) is 0.724. The topological polar surface area (TPSA) is 88.1 Å². The minimum atomic E-state index is -1.46. The zero-order valence-corrected chi connectivity index (χ0v) is 17.1. The van der Waals surface area contributed by atoms with Crippen molar-refractivity contribution in [2.75, 3.05) is 33.4 Å². The fraction of sp³-hybridized carbons (Fsp3) is 0.500. The summed E-state index contributed by atoms with van der Waals surface area (Å²) >= 11 is 6.18. The van der Waals surface area contributed by atoms with Crippen LogP contribution in [0.3, 0.4) is 0 Å². The van der Waals surface area contributed by atoms with Gasteiger partial charge in [0.15, 0.2) is 12.4 Å². The van der Waals surface area contributed by atoms with Crippen LogP contribution in [-0.2, 0) is 14.4 Å². The highest BCUT2D eigenvalue weighted by Crippen LogP contribution is 2.42. The molecule has 0 saturated carbocycles. The van der Waals surface area contributed by atoms with E-state index in [1.165, 1.54) is 0 Å². The molecule has 7 nitrogen and oxygen atoms in total. The number of piperidine rings is 1. The first-order valence-electron chi connectivity index (χ1n) is 9.21. The number of rotatable bonds is 5. The van der Waals surface area contributed by atoms with E-state index in [-0.39, 0.29) is 5.78 Å². The van der Waals surface area contributed by atoms with Crippen molar-refractivity contribution in [2.24, 2.45) is 0 Å². The Morgan fingerprint density at radius 3 is 2.39 bits per heavy atom. The highest BCUT2D eigenvalue weighted by Gasteiger charge is 2.46. The average molecular weight is 409 g/mol.